The maximum Gasteiger partial charge on any atom is 0.181 e. The van der Waals surface area contributed by atoms with Gasteiger partial charge in [0, 0.05) is 24.0 Å². The number of aryl methyl sites for hydroxylation is 1. The zero-order chi connectivity index (χ0) is 13.2. The molecule has 1 atom stereocenters. The number of nitrogens with one attached hydrogen (secondary N) is 1. The molecule has 0 aliphatic carbocycles. The first-order chi connectivity index (χ1) is 9.24. The fraction of sp³-hybridized carbons (Fsp3) is 0.250. The number of fused-ring (bicyclic) bond motifs is 1. The monoisotopic (exact) mass is 252 g/mol. The van der Waals surface area contributed by atoms with Gasteiger partial charge in [-0.25, -0.2) is 0 Å². The first-order valence-corrected chi connectivity index (χ1v) is 6.51. The van der Waals surface area contributed by atoms with E-state index in [1.807, 2.05) is 31.2 Å². The van der Waals surface area contributed by atoms with Crippen LogP contribution in [0.15, 0.2) is 42.6 Å². The third kappa shape index (κ3) is 2.42. The standard InChI is InChI=1S/C16H16N2O/c1-11-6-7-14(10-17-11)16(19)15-8-12-4-2-3-5-13(12)9-18-15/h2-7,10,15,18H,8-9H2,1H3. The van der Waals surface area contributed by atoms with Crippen molar-refractivity contribution in [1.82, 2.24) is 10.3 Å². The lowest BCUT2D eigenvalue weighted by atomic mass is 9.92. The molecule has 0 saturated heterocycles. The van der Waals surface area contributed by atoms with Gasteiger partial charge < -0.3 is 5.32 Å². The minimum atomic E-state index is -0.139. The SMILES string of the molecule is Cc1ccc(C(=O)C2Cc3ccccc3CN2)cn1. The summed E-state index contributed by atoms with van der Waals surface area (Å²) in [6.07, 6.45) is 2.42. The summed E-state index contributed by atoms with van der Waals surface area (Å²) in [4.78, 5) is 16.6. The van der Waals surface area contributed by atoms with Crippen LogP contribution in [0.4, 0.5) is 0 Å². The summed E-state index contributed by atoms with van der Waals surface area (Å²) in [7, 11) is 0. The zero-order valence-corrected chi connectivity index (χ0v) is 10.9. The first kappa shape index (κ1) is 12.1. The molecule has 1 unspecified atom stereocenters. The van der Waals surface area contributed by atoms with Crippen LogP contribution in [0, 0.1) is 6.92 Å². The van der Waals surface area contributed by atoms with Gasteiger partial charge in [-0.1, -0.05) is 24.3 Å². The van der Waals surface area contributed by atoms with E-state index in [0.29, 0.717) is 5.56 Å². The van der Waals surface area contributed by atoms with Crippen molar-refractivity contribution in [2.45, 2.75) is 25.9 Å². The highest BCUT2D eigenvalue weighted by Crippen LogP contribution is 2.18. The van der Waals surface area contributed by atoms with E-state index < -0.39 is 0 Å². The maximum atomic E-state index is 12.4. The van der Waals surface area contributed by atoms with Gasteiger partial charge in [-0.3, -0.25) is 9.78 Å². The number of carbonyl (C=O) groups is 1. The molecule has 3 heteroatoms. The van der Waals surface area contributed by atoms with Gasteiger partial charge in [0.05, 0.1) is 6.04 Å². The van der Waals surface area contributed by atoms with E-state index in [1.54, 1.807) is 6.20 Å². The molecule has 2 aromatic rings. The van der Waals surface area contributed by atoms with E-state index in [2.05, 4.69) is 22.4 Å². The fourth-order valence-corrected chi connectivity index (χ4v) is 2.45. The number of nitrogens with zero attached hydrogens (tertiary/aromatic N) is 1. The molecule has 1 aliphatic rings. The van der Waals surface area contributed by atoms with Crippen molar-refractivity contribution in [3.63, 3.8) is 0 Å². The molecule has 1 N–H and O–H groups in total. The molecule has 0 amide bonds. The lowest BCUT2D eigenvalue weighted by Crippen LogP contribution is -2.41. The van der Waals surface area contributed by atoms with Crippen molar-refractivity contribution in [2.24, 2.45) is 0 Å². The molecule has 0 spiro atoms. The average Bonchev–Trinajstić information content (AvgIpc) is 2.47. The summed E-state index contributed by atoms with van der Waals surface area (Å²) < 4.78 is 0. The van der Waals surface area contributed by atoms with Gasteiger partial charge in [-0.15, -0.1) is 0 Å². The smallest absolute Gasteiger partial charge is 0.181 e. The molecule has 1 aromatic carbocycles. The van der Waals surface area contributed by atoms with Crippen LogP contribution in [0.25, 0.3) is 0 Å². The second-order valence-corrected chi connectivity index (χ2v) is 4.96. The summed E-state index contributed by atoms with van der Waals surface area (Å²) in [5, 5.41) is 3.31. The van der Waals surface area contributed by atoms with Gasteiger partial charge in [-0.2, -0.15) is 0 Å². The predicted molar refractivity (Wildman–Crippen MR) is 74.1 cm³/mol. The number of hydrogen-bond acceptors (Lipinski definition) is 3. The number of ketones is 1. The van der Waals surface area contributed by atoms with Gasteiger partial charge in [0.1, 0.15) is 0 Å². The topological polar surface area (TPSA) is 42.0 Å². The number of Topliss-reactive ketones (excluding diaryl/α,β-unsaturated/α-hetero) is 1. The highest BCUT2D eigenvalue weighted by molar-refractivity contribution is 6.00. The third-order valence-corrected chi connectivity index (χ3v) is 3.59. The summed E-state index contributed by atoms with van der Waals surface area (Å²) in [6.45, 7) is 2.68. The van der Waals surface area contributed by atoms with Crippen molar-refractivity contribution >= 4 is 5.78 Å². The Balaban J connectivity index is 1.81. The molecule has 0 saturated carbocycles. The van der Waals surface area contributed by atoms with Crippen LogP contribution in [0.5, 0.6) is 0 Å². The Morgan fingerprint density at radius 1 is 1.21 bits per heavy atom. The van der Waals surface area contributed by atoms with E-state index in [4.69, 9.17) is 0 Å². The lowest BCUT2D eigenvalue weighted by Gasteiger charge is -2.25. The van der Waals surface area contributed by atoms with Crippen LogP contribution in [0.1, 0.15) is 27.2 Å². The van der Waals surface area contributed by atoms with Gasteiger partial charge in [-0.05, 0) is 36.6 Å². The number of hydrogen-bond donors (Lipinski definition) is 1. The molecule has 0 fully saturated rings. The molecule has 0 bridgehead atoms. The largest absolute Gasteiger partial charge is 0.303 e. The summed E-state index contributed by atoms with van der Waals surface area (Å²) in [6, 6.07) is 11.9. The van der Waals surface area contributed by atoms with E-state index in [1.165, 1.54) is 11.1 Å². The normalized spacial score (nSPS) is 17.8. The number of rotatable bonds is 2. The Kier molecular flexibility index (Phi) is 3.13. The molecule has 1 aromatic heterocycles. The Labute approximate surface area is 112 Å². The molecular formula is C16H16N2O. The van der Waals surface area contributed by atoms with Gasteiger partial charge in [0.25, 0.3) is 0 Å². The van der Waals surface area contributed by atoms with Crippen LogP contribution in [0.3, 0.4) is 0 Å². The predicted octanol–water partition coefficient (Wildman–Crippen LogP) is 2.29. The molecular weight excluding hydrogens is 236 g/mol. The molecule has 96 valence electrons. The zero-order valence-electron chi connectivity index (χ0n) is 10.9. The highest BCUT2D eigenvalue weighted by atomic mass is 16.1. The molecule has 0 radical (unpaired) electrons. The van der Waals surface area contributed by atoms with Gasteiger partial charge >= 0.3 is 0 Å². The van der Waals surface area contributed by atoms with Crippen LogP contribution < -0.4 is 5.32 Å². The second-order valence-electron chi connectivity index (χ2n) is 4.96. The number of pyridine rings is 1. The Morgan fingerprint density at radius 2 is 2.00 bits per heavy atom. The average molecular weight is 252 g/mol. The Morgan fingerprint density at radius 3 is 2.74 bits per heavy atom. The molecule has 3 rings (SSSR count). The third-order valence-electron chi connectivity index (χ3n) is 3.59. The molecule has 2 heterocycles. The van der Waals surface area contributed by atoms with Crippen LogP contribution in [-0.4, -0.2) is 16.8 Å². The second kappa shape index (κ2) is 4.94. The van der Waals surface area contributed by atoms with Crippen molar-refractivity contribution in [3.05, 3.63) is 65.0 Å². The summed E-state index contributed by atoms with van der Waals surface area (Å²) in [5.41, 5.74) is 4.16. The van der Waals surface area contributed by atoms with E-state index in [0.717, 1.165) is 18.7 Å². The number of carbonyl (C=O) groups excluding carboxylic acids is 1. The number of aromatic nitrogens is 1. The van der Waals surface area contributed by atoms with Crippen LogP contribution in [0.2, 0.25) is 0 Å². The Bertz CT molecular complexity index is 604. The maximum absolute atomic E-state index is 12.4. The van der Waals surface area contributed by atoms with Crippen molar-refractivity contribution in [3.8, 4) is 0 Å². The minimum Gasteiger partial charge on any atom is -0.303 e. The molecule has 19 heavy (non-hydrogen) atoms. The van der Waals surface area contributed by atoms with E-state index >= 15 is 0 Å². The Hall–Kier alpha value is -2.00. The quantitative estimate of drug-likeness (QED) is 0.834. The number of benzene rings is 1. The first-order valence-electron chi connectivity index (χ1n) is 6.51. The lowest BCUT2D eigenvalue weighted by molar-refractivity contribution is 0.0937. The van der Waals surface area contributed by atoms with Crippen molar-refractivity contribution in [1.29, 1.82) is 0 Å². The minimum absolute atomic E-state index is 0.127. The highest BCUT2D eigenvalue weighted by Gasteiger charge is 2.24. The van der Waals surface area contributed by atoms with E-state index in [-0.39, 0.29) is 11.8 Å². The van der Waals surface area contributed by atoms with Crippen LogP contribution in [-0.2, 0) is 13.0 Å². The van der Waals surface area contributed by atoms with Gasteiger partial charge in [0.2, 0.25) is 0 Å². The van der Waals surface area contributed by atoms with Gasteiger partial charge in [0.15, 0.2) is 5.78 Å². The van der Waals surface area contributed by atoms with Crippen molar-refractivity contribution in [2.75, 3.05) is 0 Å². The summed E-state index contributed by atoms with van der Waals surface area (Å²) >= 11 is 0. The fourth-order valence-electron chi connectivity index (χ4n) is 2.45. The van der Waals surface area contributed by atoms with E-state index in [9.17, 15) is 4.79 Å². The molecule has 3 nitrogen and oxygen atoms in total. The molecule has 1 aliphatic heterocycles. The van der Waals surface area contributed by atoms with Crippen LogP contribution >= 0.6 is 0 Å². The van der Waals surface area contributed by atoms with Crippen molar-refractivity contribution < 1.29 is 4.79 Å². The summed E-state index contributed by atoms with van der Waals surface area (Å²) in [5.74, 6) is 0.127.